The number of nitrogens with one attached hydrogen (secondary N) is 1. The summed E-state index contributed by atoms with van der Waals surface area (Å²) in [6, 6.07) is 7.51. The molecule has 1 fully saturated rings. The van der Waals surface area contributed by atoms with E-state index in [0.29, 0.717) is 6.04 Å². The van der Waals surface area contributed by atoms with Gasteiger partial charge in [-0.3, -0.25) is 0 Å². The third kappa shape index (κ3) is 1.98. The Morgan fingerprint density at radius 2 is 2.12 bits per heavy atom. The molecule has 2 nitrogen and oxygen atoms in total. The van der Waals surface area contributed by atoms with Crippen LogP contribution in [0.5, 0.6) is 5.75 Å². The summed E-state index contributed by atoms with van der Waals surface area (Å²) in [4.78, 5) is 0. The lowest BCUT2D eigenvalue weighted by Crippen LogP contribution is -2.47. The molecule has 1 aromatic rings. The van der Waals surface area contributed by atoms with Gasteiger partial charge in [0.25, 0.3) is 0 Å². The summed E-state index contributed by atoms with van der Waals surface area (Å²) in [6.45, 7) is 0.798. The van der Waals surface area contributed by atoms with Crippen LogP contribution >= 0.6 is 15.9 Å². The van der Waals surface area contributed by atoms with Crippen LogP contribution in [0.1, 0.15) is 24.8 Å². The second kappa shape index (κ2) is 4.38. The first kappa shape index (κ1) is 10.6. The molecule has 1 aliphatic carbocycles. The Balaban J connectivity index is 1.70. The highest BCUT2D eigenvalue weighted by molar-refractivity contribution is 9.10. The Labute approximate surface area is 105 Å². The van der Waals surface area contributed by atoms with Crippen LogP contribution in [0, 0.1) is 0 Å². The first-order valence-electron chi connectivity index (χ1n) is 5.99. The van der Waals surface area contributed by atoms with E-state index < -0.39 is 0 Å². The molecule has 1 atom stereocenters. The zero-order chi connectivity index (χ0) is 11.0. The molecule has 16 heavy (non-hydrogen) atoms. The van der Waals surface area contributed by atoms with Gasteiger partial charge in [0.2, 0.25) is 0 Å². The van der Waals surface area contributed by atoms with Gasteiger partial charge in [0.05, 0.1) is 4.47 Å². The second-order valence-corrected chi connectivity index (χ2v) is 5.59. The van der Waals surface area contributed by atoms with E-state index in [1.165, 1.54) is 24.8 Å². The van der Waals surface area contributed by atoms with Crippen molar-refractivity contribution in [1.82, 2.24) is 5.32 Å². The van der Waals surface area contributed by atoms with Crippen LogP contribution in [0.15, 0.2) is 22.7 Å². The third-order valence-corrected chi connectivity index (χ3v) is 4.14. The average Bonchev–Trinajstić information content (AvgIpc) is 2.24. The van der Waals surface area contributed by atoms with Crippen molar-refractivity contribution in [1.29, 1.82) is 0 Å². The maximum Gasteiger partial charge on any atom is 0.136 e. The van der Waals surface area contributed by atoms with Crippen LogP contribution in [0.2, 0.25) is 0 Å². The normalized spacial score (nSPS) is 24.4. The van der Waals surface area contributed by atoms with Crippen molar-refractivity contribution in [2.45, 2.75) is 37.8 Å². The fourth-order valence-corrected chi connectivity index (χ4v) is 2.92. The molecular weight excluding hydrogens is 266 g/mol. The fraction of sp³-hybridized carbons (Fsp3) is 0.538. The van der Waals surface area contributed by atoms with Gasteiger partial charge in [0.15, 0.2) is 0 Å². The van der Waals surface area contributed by atoms with E-state index in [1.807, 2.05) is 6.07 Å². The average molecular weight is 282 g/mol. The lowest BCUT2D eigenvalue weighted by Gasteiger charge is -2.34. The van der Waals surface area contributed by atoms with Crippen LogP contribution in [0.4, 0.5) is 0 Å². The van der Waals surface area contributed by atoms with Gasteiger partial charge in [-0.1, -0.05) is 18.6 Å². The molecule has 0 saturated heterocycles. The van der Waals surface area contributed by atoms with Gasteiger partial charge in [-0.05, 0) is 46.8 Å². The van der Waals surface area contributed by atoms with Gasteiger partial charge in [0.1, 0.15) is 12.4 Å². The zero-order valence-corrected chi connectivity index (χ0v) is 10.8. The molecule has 1 heterocycles. The lowest BCUT2D eigenvalue weighted by atomic mass is 9.91. The molecule has 1 aliphatic heterocycles. The van der Waals surface area contributed by atoms with Gasteiger partial charge in [0, 0.05) is 12.1 Å². The van der Waals surface area contributed by atoms with E-state index in [1.54, 1.807) is 0 Å². The van der Waals surface area contributed by atoms with Crippen LogP contribution in [-0.2, 0) is 6.42 Å². The van der Waals surface area contributed by atoms with E-state index >= 15 is 0 Å². The van der Waals surface area contributed by atoms with Crippen molar-refractivity contribution >= 4 is 15.9 Å². The van der Waals surface area contributed by atoms with Gasteiger partial charge >= 0.3 is 0 Å². The number of fused-ring (bicyclic) bond motifs is 1. The summed E-state index contributed by atoms with van der Waals surface area (Å²) in [5.41, 5.74) is 1.32. The molecule has 3 rings (SSSR count). The Hall–Kier alpha value is -0.540. The first-order valence-corrected chi connectivity index (χ1v) is 6.78. The van der Waals surface area contributed by atoms with Crippen LogP contribution < -0.4 is 10.1 Å². The minimum absolute atomic E-state index is 0.493. The molecule has 0 amide bonds. The van der Waals surface area contributed by atoms with E-state index in [2.05, 4.69) is 33.4 Å². The topological polar surface area (TPSA) is 21.3 Å². The molecule has 1 unspecified atom stereocenters. The Morgan fingerprint density at radius 3 is 2.88 bits per heavy atom. The highest BCUT2D eigenvalue weighted by Crippen LogP contribution is 2.33. The largest absolute Gasteiger partial charge is 0.490 e. The van der Waals surface area contributed by atoms with Crippen molar-refractivity contribution in [3.8, 4) is 5.75 Å². The molecule has 2 aliphatic rings. The number of benzene rings is 1. The van der Waals surface area contributed by atoms with Crippen molar-refractivity contribution in [2.75, 3.05) is 6.61 Å². The van der Waals surface area contributed by atoms with Crippen LogP contribution in [-0.4, -0.2) is 18.7 Å². The molecule has 0 aromatic heterocycles. The molecule has 0 radical (unpaired) electrons. The molecule has 0 bridgehead atoms. The molecule has 1 saturated carbocycles. The molecule has 3 heteroatoms. The third-order valence-electron chi connectivity index (χ3n) is 3.52. The predicted octanol–water partition coefficient (Wildman–Crippen LogP) is 2.89. The summed E-state index contributed by atoms with van der Waals surface area (Å²) in [5.74, 6) is 1.04. The predicted molar refractivity (Wildman–Crippen MR) is 67.9 cm³/mol. The maximum absolute atomic E-state index is 5.83. The summed E-state index contributed by atoms with van der Waals surface area (Å²) in [5, 5.41) is 3.68. The van der Waals surface area contributed by atoms with E-state index in [-0.39, 0.29) is 0 Å². The second-order valence-electron chi connectivity index (χ2n) is 4.73. The Morgan fingerprint density at radius 1 is 1.25 bits per heavy atom. The minimum Gasteiger partial charge on any atom is -0.490 e. The fourth-order valence-electron chi connectivity index (χ4n) is 2.40. The Bertz CT molecular complexity index is 390. The van der Waals surface area contributed by atoms with Crippen LogP contribution in [0.25, 0.3) is 0 Å². The quantitative estimate of drug-likeness (QED) is 0.900. The number of para-hydroxylation sites is 1. The van der Waals surface area contributed by atoms with Gasteiger partial charge in [-0.2, -0.15) is 0 Å². The van der Waals surface area contributed by atoms with Crippen molar-refractivity contribution in [2.24, 2.45) is 0 Å². The SMILES string of the molecule is Brc1cccc2c1OCC(NC1CCC1)C2. The number of rotatable bonds is 2. The molecule has 86 valence electrons. The monoisotopic (exact) mass is 281 g/mol. The lowest BCUT2D eigenvalue weighted by molar-refractivity contribution is 0.203. The number of halogens is 1. The van der Waals surface area contributed by atoms with Crippen molar-refractivity contribution in [3.05, 3.63) is 28.2 Å². The number of ether oxygens (including phenoxy) is 1. The van der Waals surface area contributed by atoms with Crippen molar-refractivity contribution < 1.29 is 4.74 Å². The van der Waals surface area contributed by atoms with Gasteiger partial charge < -0.3 is 10.1 Å². The summed E-state index contributed by atoms with van der Waals surface area (Å²) >= 11 is 3.53. The summed E-state index contributed by atoms with van der Waals surface area (Å²) in [7, 11) is 0. The smallest absolute Gasteiger partial charge is 0.136 e. The zero-order valence-electron chi connectivity index (χ0n) is 9.21. The summed E-state index contributed by atoms with van der Waals surface area (Å²) in [6.07, 6.45) is 5.14. The molecule has 0 spiro atoms. The van der Waals surface area contributed by atoms with Crippen LogP contribution in [0.3, 0.4) is 0 Å². The highest BCUT2D eigenvalue weighted by atomic mass is 79.9. The number of hydrogen-bond acceptors (Lipinski definition) is 2. The van der Waals surface area contributed by atoms with Crippen molar-refractivity contribution in [3.63, 3.8) is 0 Å². The maximum atomic E-state index is 5.83. The highest BCUT2D eigenvalue weighted by Gasteiger charge is 2.25. The molecular formula is C13H16BrNO. The Kier molecular flexibility index (Phi) is 2.90. The van der Waals surface area contributed by atoms with E-state index in [0.717, 1.165) is 29.3 Å². The standard InChI is InChI=1S/C13H16BrNO/c14-12-6-1-3-9-7-11(8-16-13(9)12)15-10-4-2-5-10/h1,3,6,10-11,15H,2,4-5,7-8H2. The van der Waals surface area contributed by atoms with Gasteiger partial charge in [-0.15, -0.1) is 0 Å². The first-order chi connectivity index (χ1) is 7.83. The van der Waals surface area contributed by atoms with Gasteiger partial charge in [-0.25, -0.2) is 0 Å². The van der Waals surface area contributed by atoms with E-state index in [4.69, 9.17) is 4.74 Å². The molecule has 1 N–H and O–H groups in total. The minimum atomic E-state index is 0.493. The molecule has 1 aromatic carbocycles. The summed E-state index contributed by atoms with van der Waals surface area (Å²) < 4.78 is 6.90. The number of hydrogen-bond donors (Lipinski definition) is 1. The van der Waals surface area contributed by atoms with E-state index in [9.17, 15) is 0 Å².